The van der Waals surface area contributed by atoms with E-state index in [1.807, 2.05) is 17.8 Å². The molecule has 0 aliphatic heterocycles. The minimum absolute atomic E-state index is 0.288. The zero-order chi connectivity index (χ0) is 11.1. The van der Waals surface area contributed by atoms with Crippen molar-refractivity contribution >= 4 is 11.8 Å². The van der Waals surface area contributed by atoms with Gasteiger partial charge in [0.15, 0.2) is 0 Å². The molecule has 15 heavy (non-hydrogen) atoms. The van der Waals surface area contributed by atoms with Crippen molar-refractivity contribution in [1.82, 2.24) is 0 Å². The van der Waals surface area contributed by atoms with E-state index < -0.39 is 0 Å². The lowest BCUT2D eigenvalue weighted by Gasteiger charge is -2.12. The smallest absolute Gasteiger partial charge is 0.0171 e. The molecule has 0 aliphatic rings. The largest absolute Gasteiger partial charge is 0.327 e. The molecule has 0 aliphatic carbocycles. The molecule has 84 valence electrons. The van der Waals surface area contributed by atoms with E-state index in [0.29, 0.717) is 0 Å². The zero-order valence-electron chi connectivity index (χ0n) is 9.65. The number of benzene rings is 1. The maximum Gasteiger partial charge on any atom is 0.0171 e. The second kappa shape index (κ2) is 6.91. The number of hydrogen-bond donors (Lipinski definition) is 1. The van der Waals surface area contributed by atoms with Gasteiger partial charge in [-0.15, -0.1) is 0 Å². The van der Waals surface area contributed by atoms with Crippen LogP contribution in [-0.4, -0.2) is 17.5 Å². The third-order valence-electron chi connectivity index (χ3n) is 2.12. The number of nitrogens with two attached hydrogens (primary N) is 1. The summed E-state index contributed by atoms with van der Waals surface area (Å²) in [7, 11) is 0. The van der Waals surface area contributed by atoms with Gasteiger partial charge < -0.3 is 5.73 Å². The van der Waals surface area contributed by atoms with Crippen LogP contribution in [-0.2, 0) is 6.42 Å². The molecule has 0 radical (unpaired) electrons. The molecule has 0 aromatic heterocycles. The molecule has 0 saturated heterocycles. The Labute approximate surface area is 97.4 Å². The topological polar surface area (TPSA) is 26.0 Å². The molecular weight excluding hydrogens is 202 g/mol. The van der Waals surface area contributed by atoms with Crippen molar-refractivity contribution < 1.29 is 0 Å². The van der Waals surface area contributed by atoms with Crippen LogP contribution in [0.2, 0.25) is 0 Å². The number of rotatable bonds is 6. The molecule has 2 heteroatoms. The highest BCUT2D eigenvalue weighted by atomic mass is 32.2. The van der Waals surface area contributed by atoms with Crippen molar-refractivity contribution in [2.24, 2.45) is 11.7 Å². The van der Waals surface area contributed by atoms with E-state index >= 15 is 0 Å². The first-order valence-electron chi connectivity index (χ1n) is 5.55. The highest BCUT2D eigenvalue weighted by molar-refractivity contribution is 7.99. The summed E-state index contributed by atoms with van der Waals surface area (Å²) < 4.78 is 0. The third-order valence-corrected chi connectivity index (χ3v) is 3.69. The molecule has 0 amide bonds. The summed E-state index contributed by atoms with van der Waals surface area (Å²) >= 11 is 1.96. The molecule has 1 unspecified atom stereocenters. The molecule has 0 heterocycles. The molecule has 1 nitrogen and oxygen atoms in total. The first-order valence-corrected chi connectivity index (χ1v) is 6.71. The zero-order valence-corrected chi connectivity index (χ0v) is 10.5. The van der Waals surface area contributed by atoms with Crippen molar-refractivity contribution in [2.45, 2.75) is 26.3 Å². The van der Waals surface area contributed by atoms with Gasteiger partial charge >= 0.3 is 0 Å². The lowest BCUT2D eigenvalue weighted by Crippen LogP contribution is -2.25. The van der Waals surface area contributed by atoms with E-state index in [0.717, 1.165) is 18.1 Å². The first kappa shape index (κ1) is 12.6. The van der Waals surface area contributed by atoms with Crippen LogP contribution in [0.15, 0.2) is 30.3 Å². The van der Waals surface area contributed by atoms with Gasteiger partial charge in [0, 0.05) is 11.8 Å². The van der Waals surface area contributed by atoms with Crippen LogP contribution in [0.25, 0.3) is 0 Å². The van der Waals surface area contributed by atoms with Crippen LogP contribution in [0.3, 0.4) is 0 Å². The van der Waals surface area contributed by atoms with Crippen molar-refractivity contribution in [2.75, 3.05) is 11.5 Å². The van der Waals surface area contributed by atoms with Crippen molar-refractivity contribution in [3.8, 4) is 0 Å². The van der Waals surface area contributed by atoms with E-state index in [1.165, 1.54) is 11.3 Å². The molecule has 1 atom stereocenters. The van der Waals surface area contributed by atoms with Gasteiger partial charge in [-0.2, -0.15) is 11.8 Å². The Morgan fingerprint density at radius 1 is 1.13 bits per heavy atom. The van der Waals surface area contributed by atoms with Crippen LogP contribution >= 0.6 is 11.8 Å². The lowest BCUT2D eigenvalue weighted by molar-refractivity contribution is 0.731. The average molecular weight is 223 g/mol. The standard InChI is InChI=1S/C13H21NS/c1-11(2)9-15-10-13(14)8-12-6-4-3-5-7-12/h3-7,11,13H,8-10,14H2,1-2H3. The Bertz CT molecular complexity index is 258. The van der Waals surface area contributed by atoms with Gasteiger partial charge in [0.2, 0.25) is 0 Å². The van der Waals surface area contributed by atoms with Gasteiger partial charge in [-0.05, 0) is 23.7 Å². The summed E-state index contributed by atoms with van der Waals surface area (Å²) in [5.41, 5.74) is 7.41. The summed E-state index contributed by atoms with van der Waals surface area (Å²) in [5.74, 6) is 3.04. The molecule has 0 bridgehead atoms. The normalized spacial score (nSPS) is 13.1. The lowest BCUT2D eigenvalue weighted by atomic mass is 10.1. The highest BCUT2D eigenvalue weighted by Gasteiger charge is 2.04. The van der Waals surface area contributed by atoms with Crippen LogP contribution < -0.4 is 5.73 Å². The third kappa shape index (κ3) is 5.85. The maximum absolute atomic E-state index is 6.07. The predicted molar refractivity (Wildman–Crippen MR) is 70.3 cm³/mol. The Morgan fingerprint density at radius 2 is 1.80 bits per heavy atom. The Hall–Kier alpha value is -0.470. The fourth-order valence-corrected chi connectivity index (χ4v) is 2.46. The molecule has 2 N–H and O–H groups in total. The van der Waals surface area contributed by atoms with E-state index in [9.17, 15) is 0 Å². The predicted octanol–water partition coefficient (Wildman–Crippen LogP) is 2.95. The Morgan fingerprint density at radius 3 is 2.40 bits per heavy atom. The van der Waals surface area contributed by atoms with Crippen molar-refractivity contribution in [1.29, 1.82) is 0 Å². The summed E-state index contributed by atoms with van der Waals surface area (Å²) in [6, 6.07) is 10.8. The molecule has 0 fully saturated rings. The minimum atomic E-state index is 0.288. The van der Waals surface area contributed by atoms with Crippen molar-refractivity contribution in [3.63, 3.8) is 0 Å². The molecule has 0 saturated carbocycles. The van der Waals surface area contributed by atoms with Crippen LogP contribution in [0.4, 0.5) is 0 Å². The van der Waals surface area contributed by atoms with E-state index in [2.05, 4.69) is 38.1 Å². The van der Waals surface area contributed by atoms with Gasteiger partial charge in [-0.25, -0.2) is 0 Å². The highest BCUT2D eigenvalue weighted by Crippen LogP contribution is 2.10. The number of hydrogen-bond acceptors (Lipinski definition) is 2. The first-order chi connectivity index (χ1) is 7.18. The summed E-state index contributed by atoms with van der Waals surface area (Å²) in [6.45, 7) is 4.49. The van der Waals surface area contributed by atoms with E-state index in [1.54, 1.807) is 0 Å². The van der Waals surface area contributed by atoms with Crippen LogP contribution in [0.5, 0.6) is 0 Å². The van der Waals surface area contributed by atoms with Crippen LogP contribution in [0.1, 0.15) is 19.4 Å². The van der Waals surface area contributed by atoms with Gasteiger partial charge in [0.05, 0.1) is 0 Å². The van der Waals surface area contributed by atoms with E-state index in [4.69, 9.17) is 5.73 Å². The molecular formula is C13H21NS. The second-order valence-electron chi connectivity index (χ2n) is 4.38. The molecule has 1 aromatic carbocycles. The summed E-state index contributed by atoms with van der Waals surface area (Å²) in [5, 5.41) is 0. The minimum Gasteiger partial charge on any atom is -0.327 e. The van der Waals surface area contributed by atoms with Crippen LogP contribution in [0, 0.1) is 5.92 Å². The summed E-state index contributed by atoms with van der Waals surface area (Å²) in [6.07, 6.45) is 0.992. The van der Waals surface area contributed by atoms with Gasteiger partial charge in [-0.1, -0.05) is 44.2 Å². The number of thioether (sulfide) groups is 1. The van der Waals surface area contributed by atoms with E-state index in [-0.39, 0.29) is 6.04 Å². The molecule has 0 spiro atoms. The Balaban J connectivity index is 2.21. The fourth-order valence-electron chi connectivity index (χ4n) is 1.43. The fraction of sp³-hybridized carbons (Fsp3) is 0.538. The molecule has 1 rings (SSSR count). The van der Waals surface area contributed by atoms with Crippen molar-refractivity contribution in [3.05, 3.63) is 35.9 Å². The summed E-state index contributed by atoms with van der Waals surface area (Å²) in [4.78, 5) is 0. The van der Waals surface area contributed by atoms with Gasteiger partial charge in [0.25, 0.3) is 0 Å². The average Bonchev–Trinajstić information content (AvgIpc) is 2.18. The van der Waals surface area contributed by atoms with Gasteiger partial charge in [0.1, 0.15) is 0 Å². The SMILES string of the molecule is CC(C)CSCC(N)Cc1ccccc1. The molecule has 1 aromatic rings. The van der Waals surface area contributed by atoms with Gasteiger partial charge in [-0.3, -0.25) is 0 Å². The Kier molecular flexibility index (Phi) is 5.81. The monoisotopic (exact) mass is 223 g/mol. The quantitative estimate of drug-likeness (QED) is 0.802. The second-order valence-corrected chi connectivity index (χ2v) is 5.46. The maximum atomic E-state index is 6.07.